The second-order valence-corrected chi connectivity index (χ2v) is 5.76. The first-order chi connectivity index (χ1) is 8.27. The molecule has 0 radical (unpaired) electrons. The van der Waals surface area contributed by atoms with Crippen LogP contribution in [-0.4, -0.2) is 13.1 Å². The van der Waals surface area contributed by atoms with E-state index in [9.17, 15) is 0 Å². The first kappa shape index (κ1) is 17.0. The van der Waals surface area contributed by atoms with E-state index in [1.54, 1.807) is 0 Å². The molecule has 0 amide bonds. The predicted octanol–water partition coefficient (Wildman–Crippen LogP) is 5.15. The largest absolute Gasteiger partial charge is 0.317 e. The number of rotatable bonds is 13. The van der Waals surface area contributed by atoms with Gasteiger partial charge in [-0.15, -0.1) is 0 Å². The smallest absolute Gasteiger partial charge is 0.00489 e. The number of hydrogen-bond donors (Lipinski definition) is 1. The minimum absolute atomic E-state index is 0.873. The van der Waals surface area contributed by atoms with E-state index >= 15 is 0 Å². The van der Waals surface area contributed by atoms with E-state index in [0.717, 1.165) is 5.92 Å². The normalized spacial score (nSPS) is 11.3. The average molecular weight is 241 g/mol. The molecule has 1 heteroatoms. The van der Waals surface area contributed by atoms with Crippen molar-refractivity contribution in [2.75, 3.05) is 13.1 Å². The average Bonchev–Trinajstić information content (AvgIpc) is 2.30. The highest BCUT2D eigenvalue weighted by molar-refractivity contribution is 4.52. The second-order valence-electron chi connectivity index (χ2n) is 5.76. The minimum atomic E-state index is 0.873. The highest BCUT2D eigenvalue weighted by Gasteiger charge is 1.94. The third-order valence-corrected chi connectivity index (χ3v) is 3.34. The Kier molecular flexibility index (Phi) is 14.0. The summed E-state index contributed by atoms with van der Waals surface area (Å²) in [7, 11) is 0. The molecule has 0 bridgehead atoms. The molecular formula is C16H35N. The van der Waals surface area contributed by atoms with Crippen LogP contribution < -0.4 is 5.32 Å². The first-order valence-corrected chi connectivity index (χ1v) is 7.98. The fourth-order valence-electron chi connectivity index (χ4n) is 2.13. The molecular weight excluding hydrogens is 206 g/mol. The molecule has 1 nitrogen and oxygen atoms in total. The maximum atomic E-state index is 3.56. The molecule has 0 fully saturated rings. The summed E-state index contributed by atoms with van der Waals surface area (Å²) in [5.41, 5.74) is 0. The Morgan fingerprint density at radius 2 is 1.24 bits per heavy atom. The quantitative estimate of drug-likeness (QED) is 0.440. The fraction of sp³-hybridized carbons (Fsp3) is 1.00. The van der Waals surface area contributed by atoms with E-state index in [2.05, 4.69) is 26.1 Å². The van der Waals surface area contributed by atoms with Crippen LogP contribution in [0.2, 0.25) is 0 Å². The maximum absolute atomic E-state index is 3.56. The molecule has 0 rings (SSSR count). The van der Waals surface area contributed by atoms with Crippen LogP contribution in [-0.2, 0) is 0 Å². The summed E-state index contributed by atoms with van der Waals surface area (Å²) >= 11 is 0. The van der Waals surface area contributed by atoms with Crippen molar-refractivity contribution in [3.63, 3.8) is 0 Å². The van der Waals surface area contributed by atoms with Gasteiger partial charge in [0.25, 0.3) is 0 Å². The highest BCUT2D eigenvalue weighted by Crippen LogP contribution is 2.07. The molecule has 0 heterocycles. The Hall–Kier alpha value is -0.0400. The van der Waals surface area contributed by atoms with Crippen LogP contribution in [0.3, 0.4) is 0 Å². The van der Waals surface area contributed by atoms with E-state index in [-0.39, 0.29) is 0 Å². The molecule has 0 aliphatic carbocycles. The Morgan fingerprint density at radius 3 is 1.82 bits per heavy atom. The summed E-state index contributed by atoms with van der Waals surface area (Å²) in [6.45, 7) is 9.36. The second kappa shape index (κ2) is 14.0. The van der Waals surface area contributed by atoms with Crippen molar-refractivity contribution in [1.82, 2.24) is 5.32 Å². The molecule has 0 aliphatic heterocycles. The van der Waals surface area contributed by atoms with E-state index in [1.165, 1.54) is 77.3 Å². The molecule has 1 N–H and O–H groups in total. The summed E-state index contributed by atoms with van der Waals surface area (Å²) in [5.74, 6) is 0.873. The van der Waals surface area contributed by atoms with Crippen molar-refractivity contribution in [1.29, 1.82) is 0 Å². The Labute approximate surface area is 110 Å². The molecule has 0 spiro atoms. The molecule has 0 aliphatic rings. The molecule has 0 aromatic rings. The molecule has 104 valence electrons. The van der Waals surface area contributed by atoms with Gasteiger partial charge in [-0.3, -0.25) is 0 Å². The van der Waals surface area contributed by atoms with Crippen LogP contribution in [0.25, 0.3) is 0 Å². The maximum Gasteiger partial charge on any atom is -0.00489 e. The lowest BCUT2D eigenvalue weighted by Gasteiger charge is -2.06. The summed E-state index contributed by atoms with van der Waals surface area (Å²) in [5, 5.41) is 3.56. The Bertz CT molecular complexity index is 131. The van der Waals surface area contributed by atoms with Gasteiger partial charge in [-0.25, -0.2) is 0 Å². The van der Waals surface area contributed by atoms with Crippen molar-refractivity contribution in [2.24, 2.45) is 5.92 Å². The molecule has 0 saturated carbocycles. The third-order valence-electron chi connectivity index (χ3n) is 3.34. The fourth-order valence-corrected chi connectivity index (χ4v) is 2.13. The van der Waals surface area contributed by atoms with E-state index < -0.39 is 0 Å². The van der Waals surface area contributed by atoms with Gasteiger partial charge in [0.15, 0.2) is 0 Å². The van der Waals surface area contributed by atoms with Gasteiger partial charge in [-0.2, -0.15) is 0 Å². The summed E-state index contributed by atoms with van der Waals surface area (Å²) in [6, 6.07) is 0. The predicted molar refractivity (Wildman–Crippen MR) is 79.6 cm³/mol. The molecule has 0 aromatic heterocycles. The van der Waals surface area contributed by atoms with Crippen LogP contribution in [0, 0.1) is 5.92 Å². The lowest BCUT2D eigenvalue weighted by atomic mass is 10.1. The Balaban J connectivity index is 2.89. The van der Waals surface area contributed by atoms with Crippen LogP contribution in [0.5, 0.6) is 0 Å². The lowest BCUT2D eigenvalue weighted by molar-refractivity contribution is 0.511. The topological polar surface area (TPSA) is 12.0 Å². The Morgan fingerprint density at radius 1 is 0.706 bits per heavy atom. The zero-order chi connectivity index (χ0) is 12.8. The molecule has 0 unspecified atom stereocenters. The summed E-state index contributed by atoms with van der Waals surface area (Å²) < 4.78 is 0. The van der Waals surface area contributed by atoms with Gasteiger partial charge in [-0.1, -0.05) is 72.1 Å². The number of unbranched alkanes of at least 4 members (excludes halogenated alkanes) is 7. The van der Waals surface area contributed by atoms with Crippen molar-refractivity contribution in [3.8, 4) is 0 Å². The van der Waals surface area contributed by atoms with Crippen LogP contribution >= 0.6 is 0 Å². The minimum Gasteiger partial charge on any atom is -0.317 e. The van der Waals surface area contributed by atoms with Crippen LogP contribution in [0.1, 0.15) is 85.0 Å². The number of hydrogen-bond acceptors (Lipinski definition) is 1. The van der Waals surface area contributed by atoms with E-state index in [0.29, 0.717) is 0 Å². The molecule has 0 aromatic carbocycles. The van der Waals surface area contributed by atoms with Gasteiger partial charge in [-0.05, 0) is 31.8 Å². The van der Waals surface area contributed by atoms with Crippen LogP contribution in [0.15, 0.2) is 0 Å². The molecule has 0 saturated heterocycles. The van der Waals surface area contributed by atoms with Gasteiger partial charge in [0.05, 0.1) is 0 Å². The van der Waals surface area contributed by atoms with Gasteiger partial charge in [0, 0.05) is 0 Å². The van der Waals surface area contributed by atoms with Gasteiger partial charge >= 0.3 is 0 Å². The highest BCUT2D eigenvalue weighted by atomic mass is 14.8. The van der Waals surface area contributed by atoms with E-state index in [4.69, 9.17) is 0 Å². The van der Waals surface area contributed by atoms with Crippen molar-refractivity contribution in [3.05, 3.63) is 0 Å². The monoisotopic (exact) mass is 241 g/mol. The zero-order valence-corrected chi connectivity index (χ0v) is 12.6. The lowest BCUT2D eigenvalue weighted by Crippen LogP contribution is -2.16. The zero-order valence-electron chi connectivity index (χ0n) is 12.6. The van der Waals surface area contributed by atoms with E-state index in [1.807, 2.05) is 0 Å². The van der Waals surface area contributed by atoms with Gasteiger partial charge < -0.3 is 5.32 Å². The van der Waals surface area contributed by atoms with Gasteiger partial charge in [0.1, 0.15) is 0 Å². The van der Waals surface area contributed by atoms with Crippen molar-refractivity contribution in [2.45, 2.75) is 85.0 Å². The summed E-state index contributed by atoms with van der Waals surface area (Å²) in [4.78, 5) is 0. The number of nitrogens with one attached hydrogen (secondary N) is 1. The van der Waals surface area contributed by atoms with Gasteiger partial charge in [0.2, 0.25) is 0 Å². The summed E-state index contributed by atoms with van der Waals surface area (Å²) in [6.07, 6.45) is 14.0. The SMILES string of the molecule is CCCCCCCCCNCCCCC(C)C. The van der Waals surface area contributed by atoms with Crippen molar-refractivity contribution >= 4 is 0 Å². The molecule has 17 heavy (non-hydrogen) atoms. The van der Waals surface area contributed by atoms with Crippen molar-refractivity contribution < 1.29 is 0 Å². The molecule has 0 atom stereocenters. The van der Waals surface area contributed by atoms with Crippen LogP contribution in [0.4, 0.5) is 0 Å². The standard InChI is InChI=1S/C16H35N/c1-4-5-6-7-8-9-11-14-17-15-12-10-13-16(2)3/h16-17H,4-15H2,1-3H3. The third kappa shape index (κ3) is 16.0. The first-order valence-electron chi connectivity index (χ1n) is 7.98.